The van der Waals surface area contributed by atoms with Crippen molar-refractivity contribution in [3.63, 3.8) is 0 Å². The zero-order valence-electron chi connectivity index (χ0n) is 21.3. The van der Waals surface area contributed by atoms with E-state index in [2.05, 4.69) is 33.0 Å². The van der Waals surface area contributed by atoms with E-state index in [-0.39, 0.29) is 22.8 Å². The summed E-state index contributed by atoms with van der Waals surface area (Å²) in [6, 6.07) is 7.11. The van der Waals surface area contributed by atoms with Gasteiger partial charge in [0.1, 0.15) is 0 Å². The zero-order valence-corrected chi connectivity index (χ0v) is 21.3. The van der Waals surface area contributed by atoms with Crippen molar-refractivity contribution in [3.05, 3.63) is 46.5 Å². The van der Waals surface area contributed by atoms with Crippen molar-refractivity contribution in [2.75, 3.05) is 0 Å². The molecule has 0 radical (unpaired) electrons. The van der Waals surface area contributed by atoms with E-state index in [1.54, 1.807) is 18.2 Å². The van der Waals surface area contributed by atoms with Gasteiger partial charge in [-0.25, -0.2) is 0 Å². The number of nitrogens with two attached hydrogens (primary N) is 1. The van der Waals surface area contributed by atoms with Crippen molar-refractivity contribution in [1.82, 2.24) is 5.32 Å². The molecular formula is C29H42N2O3. The molecule has 3 unspecified atom stereocenters. The second-order valence-electron chi connectivity index (χ2n) is 11.9. The highest BCUT2D eigenvalue weighted by Gasteiger charge is 2.58. The van der Waals surface area contributed by atoms with Gasteiger partial charge in [-0.05, 0) is 98.1 Å². The summed E-state index contributed by atoms with van der Waals surface area (Å²) in [6.07, 6.45) is 7.85. The number of amides is 2. The molecule has 2 fully saturated rings. The van der Waals surface area contributed by atoms with Crippen LogP contribution in [-0.4, -0.2) is 23.0 Å². The Hall–Kier alpha value is -2.14. The van der Waals surface area contributed by atoms with Crippen LogP contribution in [-0.2, 0) is 11.3 Å². The topological polar surface area (TPSA) is 92.4 Å². The highest BCUT2D eigenvalue weighted by molar-refractivity contribution is 5.92. The molecule has 0 bridgehead atoms. The molecule has 2 amide bonds. The number of hydrogen-bond donors (Lipinski definition) is 3. The van der Waals surface area contributed by atoms with Gasteiger partial charge < -0.3 is 16.2 Å². The molecule has 4 rings (SSSR count). The van der Waals surface area contributed by atoms with Crippen LogP contribution in [0.3, 0.4) is 0 Å². The number of primary amides is 1. The zero-order chi connectivity index (χ0) is 24.7. The van der Waals surface area contributed by atoms with Crippen molar-refractivity contribution in [1.29, 1.82) is 0 Å². The second kappa shape index (κ2) is 9.49. The van der Waals surface area contributed by atoms with Gasteiger partial charge >= 0.3 is 0 Å². The van der Waals surface area contributed by atoms with Crippen LogP contribution in [0.4, 0.5) is 0 Å². The number of nitrogens with one attached hydrogen (secondary N) is 1. The van der Waals surface area contributed by atoms with Crippen molar-refractivity contribution in [3.8, 4) is 0 Å². The first-order chi connectivity index (χ1) is 16.0. The number of allylic oxidation sites excluding steroid dienone is 2. The number of hydrogen-bond acceptors (Lipinski definition) is 3. The minimum absolute atomic E-state index is 0.0277. The van der Waals surface area contributed by atoms with Crippen LogP contribution >= 0.6 is 0 Å². The maximum atomic E-state index is 12.7. The number of carbonyl (C=O) groups excluding carboxylic acids is 2. The van der Waals surface area contributed by atoms with E-state index in [9.17, 15) is 14.7 Å². The third-order valence-electron chi connectivity index (χ3n) is 9.76. The number of carbonyl (C=O) groups is 2. The first-order valence-corrected chi connectivity index (χ1v) is 13.1. The summed E-state index contributed by atoms with van der Waals surface area (Å²) in [5.41, 5.74) is 9.95. The molecule has 0 aromatic heterocycles. The predicted molar refractivity (Wildman–Crippen MR) is 135 cm³/mol. The van der Waals surface area contributed by atoms with E-state index in [1.807, 2.05) is 6.07 Å². The predicted octanol–water partition coefficient (Wildman–Crippen LogP) is 5.12. The molecule has 0 heterocycles. The van der Waals surface area contributed by atoms with Crippen molar-refractivity contribution >= 4 is 11.8 Å². The lowest BCUT2D eigenvalue weighted by atomic mass is 9.43. The number of rotatable bonds is 6. The van der Waals surface area contributed by atoms with Crippen LogP contribution in [0.5, 0.6) is 0 Å². The van der Waals surface area contributed by atoms with Crippen LogP contribution in [0, 0.1) is 28.6 Å². The van der Waals surface area contributed by atoms with Crippen molar-refractivity contribution in [2.24, 2.45) is 34.3 Å². The van der Waals surface area contributed by atoms with E-state index in [0.717, 1.165) is 31.2 Å². The number of aliphatic hydroxyl groups is 1. The van der Waals surface area contributed by atoms with Crippen molar-refractivity contribution < 1.29 is 14.7 Å². The Morgan fingerprint density at radius 3 is 2.65 bits per heavy atom. The van der Waals surface area contributed by atoms with E-state index in [0.29, 0.717) is 36.3 Å². The average Bonchev–Trinajstić information content (AvgIpc) is 2.80. The van der Waals surface area contributed by atoms with Gasteiger partial charge in [-0.3, -0.25) is 9.59 Å². The van der Waals surface area contributed by atoms with Crippen LogP contribution in [0.25, 0.3) is 0 Å². The summed E-state index contributed by atoms with van der Waals surface area (Å²) < 4.78 is 0. The quantitative estimate of drug-likeness (QED) is 0.508. The first-order valence-electron chi connectivity index (χ1n) is 13.1. The largest absolute Gasteiger partial charge is 0.393 e. The van der Waals surface area contributed by atoms with E-state index in [1.165, 1.54) is 30.4 Å². The van der Waals surface area contributed by atoms with Gasteiger partial charge in [0.15, 0.2) is 0 Å². The summed E-state index contributed by atoms with van der Waals surface area (Å²) in [4.78, 5) is 24.1. The molecule has 5 nitrogen and oxygen atoms in total. The molecule has 186 valence electrons. The maximum absolute atomic E-state index is 12.7. The molecule has 2 saturated carbocycles. The van der Waals surface area contributed by atoms with Gasteiger partial charge in [-0.1, -0.05) is 44.1 Å². The third kappa shape index (κ3) is 4.56. The van der Waals surface area contributed by atoms with Gasteiger partial charge in [0.25, 0.3) is 0 Å². The molecule has 0 spiro atoms. The van der Waals surface area contributed by atoms with Crippen LogP contribution in [0.2, 0.25) is 0 Å². The lowest BCUT2D eigenvalue weighted by Crippen LogP contribution is -2.56. The molecule has 4 N–H and O–H groups in total. The Bertz CT molecular complexity index is 981. The number of fused-ring (bicyclic) bond motifs is 3. The lowest BCUT2D eigenvalue weighted by molar-refractivity contribution is -0.149. The average molecular weight is 467 g/mol. The molecule has 0 saturated heterocycles. The highest BCUT2D eigenvalue weighted by atomic mass is 16.3. The SMILES string of the molecule is CC1=C(CCC(=O)NCc2cccc(C(N)=O)c2)C2CCC3C(C)(C)[C@@H](O)CC[C@]3(C)C2CC1. The Morgan fingerprint density at radius 2 is 1.91 bits per heavy atom. The Morgan fingerprint density at radius 1 is 1.15 bits per heavy atom. The molecular weight excluding hydrogens is 424 g/mol. The number of benzene rings is 1. The highest BCUT2D eigenvalue weighted by Crippen LogP contribution is 2.64. The molecule has 1 aromatic rings. The minimum atomic E-state index is -0.457. The molecule has 1 aromatic carbocycles. The van der Waals surface area contributed by atoms with Crippen LogP contribution in [0.1, 0.15) is 95.0 Å². The molecule has 34 heavy (non-hydrogen) atoms. The number of aliphatic hydroxyl groups excluding tert-OH is 1. The van der Waals surface area contributed by atoms with Gasteiger partial charge in [-0.2, -0.15) is 0 Å². The summed E-state index contributed by atoms with van der Waals surface area (Å²) in [7, 11) is 0. The Balaban J connectivity index is 1.40. The normalized spacial score (nSPS) is 32.5. The summed E-state index contributed by atoms with van der Waals surface area (Å²) in [5.74, 6) is 1.37. The Kier molecular flexibility index (Phi) is 6.97. The molecule has 5 atom stereocenters. The fraction of sp³-hybridized carbons (Fsp3) is 0.655. The first kappa shape index (κ1) is 25.0. The fourth-order valence-electron chi connectivity index (χ4n) is 7.80. The summed E-state index contributed by atoms with van der Waals surface area (Å²) in [5, 5.41) is 13.7. The van der Waals surface area contributed by atoms with E-state index in [4.69, 9.17) is 5.73 Å². The van der Waals surface area contributed by atoms with Gasteiger partial charge in [0.05, 0.1) is 6.10 Å². The lowest BCUT2D eigenvalue weighted by Gasteiger charge is -2.62. The smallest absolute Gasteiger partial charge is 0.248 e. The minimum Gasteiger partial charge on any atom is -0.393 e. The molecule has 5 heteroatoms. The summed E-state index contributed by atoms with van der Waals surface area (Å²) in [6.45, 7) is 9.71. The molecule has 0 aliphatic heterocycles. The maximum Gasteiger partial charge on any atom is 0.248 e. The van der Waals surface area contributed by atoms with Crippen molar-refractivity contribution in [2.45, 2.75) is 91.7 Å². The summed E-state index contributed by atoms with van der Waals surface area (Å²) >= 11 is 0. The van der Waals surface area contributed by atoms with E-state index >= 15 is 0 Å². The molecule has 3 aliphatic carbocycles. The Labute approximate surface area is 204 Å². The van der Waals surface area contributed by atoms with Crippen LogP contribution < -0.4 is 11.1 Å². The standard InChI is InChI=1S/C29H42N2O3/c1-18-8-11-23-22(9-12-24-28(2,3)25(32)14-15-29(23,24)4)21(18)10-13-26(33)31-17-19-6-5-7-20(16-19)27(30)34/h5-7,16,22-25,32H,8-15,17H2,1-4H3,(H2,30,34)(H,31,33)/t22?,23?,24?,25-,29+/m0/s1. The third-order valence-corrected chi connectivity index (χ3v) is 9.76. The van der Waals surface area contributed by atoms with Gasteiger partial charge in [0.2, 0.25) is 11.8 Å². The van der Waals surface area contributed by atoms with Crippen LogP contribution in [0.15, 0.2) is 35.4 Å². The van der Waals surface area contributed by atoms with Gasteiger partial charge in [-0.15, -0.1) is 0 Å². The molecule has 3 aliphatic rings. The monoisotopic (exact) mass is 466 g/mol. The fourth-order valence-corrected chi connectivity index (χ4v) is 7.80. The van der Waals surface area contributed by atoms with E-state index < -0.39 is 5.91 Å². The second-order valence-corrected chi connectivity index (χ2v) is 11.9. The van der Waals surface area contributed by atoms with Gasteiger partial charge in [0, 0.05) is 18.5 Å².